The molecule has 2 heterocycles. The fourth-order valence-corrected chi connectivity index (χ4v) is 2.09. The van der Waals surface area contributed by atoms with Crippen LogP contribution in [0.2, 0.25) is 0 Å². The predicted molar refractivity (Wildman–Crippen MR) is 78.3 cm³/mol. The van der Waals surface area contributed by atoms with Crippen molar-refractivity contribution in [1.29, 1.82) is 0 Å². The minimum atomic E-state index is -0.343. The molecule has 4 nitrogen and oxygen atoms in total. The van der Waals surface area contributed by atoms with Crippen LogP contribution in [0.15, 0.2) is 42.6 Å². The second-order valence-corrected chi connectivity index (χ2v) is 4.78. The number of ether oxygens (including phenoxy) is 1. The van der Waals surface area contributed by atoms with Gasteiger partial charge in [-0.1, -0.05) is 12.1 Å². The molecule has 0 bridgehead atoms. The van der Waals surface area contributed by atoms with Crippen molar-refractivity contribution in [1.82, 2.24) is 4.98 Å². The van der Waals surface area contributed by atoms with E-state index in [2.05, 4.69) is 4.98 Å². The largest absolute Gasteiger partial charge is 0.421 e. The van der Waals surface area contributed by atoms with Gasteiger partial charge in [-0.05, 0) is 35.9 Å². The molecule has 1 aliphatic heterocycles. The van der Waals surface area contributed by atoms with Crippen molar-refractivity contribution in [2.24, 2.45) is 0 Å². The summed E-state index contributed by atoms with van der Waals surface area (Å²) in [7, 11) is 3.98. The maximum Gasteiger partial charge on any atom is 0.345 e. The molecule has 4 heteroatoms. The van der Waals surface area contributed by atoms with Crippen LogP contribution in [0.4, 0.5) is 5.69 Å². The van der Waals surface area contributed by atoms with Crippen LogP contribution in [0, 0.1) is 0 Å². The van der Waals surface area contributed by atoms with Crippen LogP contribution in [-0.2, 0) is 4.74 Å². The van der Waals surface area contributed by atoms with Crippen LogP contribution >= 0.6 is 0 Å². The molecule has 100 valence electrons. The number of cyclic esters (lactones) is 1. The summed E-state index contributed by atoms with van der Waals surface area (Å²) in [5.41, 5.74) is 3.21. The number of hydrogen-bond acceptors (Lipinski definition) is 4. The van der Waals surface area contributed by atoms with Crippen molar-refractivity contribution in [3.8, 4) is 0 Å². The summed E-state index contributed by atoms with van der Waals surface area (Å²) >= 11 is 0. The average Bonchev–Trinajstić information content (AvgIpc) is 2.77. The Morgan fingerprint density at radius 3 is 2.60 bits per heavy atom. The normalized spacial score (nSPS) is 15.1. The summed E-state index contributed by atoms with van der Waals surface area (Å²) < 4.78 is 5.26. The summed E-state index contributed by atoms with van der Waals surface area (Å²) in [4.78, 5) is 17.9. The second-order valence-electron chi connectivity index (χ2n) is 4.78. The third kappa shape index (κ3) is 2.16. The quantitative estimate of drug-likeness (QED) is 0.784. The number of hydrogen-bond donors (Lipinski definition) is 0. The fourth-order valence-electron chi connectivity index (χ4n) is 2.09. The maximum absolute atomic E-state index is 11.7. The highest BCUT2D eigenvalue weighted by atomic mass is 16.5. The number of rotatable bonds is 2. The zero-order valence-corrected chi connectivity index (χ0v) is 11.3. The Balaban J connectivity index is 1.96. The lowest BCUT2D eigenvalue weighted by Crippen LogP contribution is -2.07. The Morgan fingerprint density at radius 1 is 1.15 bits per heavy atom. The van der Waals surface area contributed by atoms with Crippen LogP contribution in [0.25, 0.3) is 11.8 Å². The number of esters is 1. The second kappa shape index (κ2) is 4.81. The fraction of sp³-hybridized carbons (Fsp3) is 0.125. The standard InChI is InChI=1S/C16H14N2O2/c1-18(2)12-7-5-11(6-8-12)10-14-15-13(16(19)20-14)4-3-9-17-15/h3-10H,1-2H3/b14-10-. The minimum absolute atomic E-state index is 0.343. The van der Waals surface area contributed by atoms with E-state index in [1.807, 2.05) is 49.3 Å². The number of pyridine rings is 1. The van der Waals surface area contributed by atoms with E-state index in [9.17, 15) is 4.79 Å². The Hall–Kier alpha value is -2.62. The van der Waals surface area contributed by atoms with Crippen molar-refractivity contribution in [3.05, 3.63) is 59.4 Å². The van der Waals surface area contributed by atoms with E-state index in [4.69, 9.17) is 4.74 Å². The highest BCUT2D eigenvalue weighted by Gasteiger charge is 2.27. The Bertz CT molecular complexity index is 688. The van der Waals surface area contributed by atoms with Crippen molar-refractivity contribution >= 4 is 23.5 Å². The van der Waals surface area contributed by atoms with E-state index in [0.717, 1.165) is 11.3 Å². The summed E-state index contributed by atoms with van der Waals surface area (Å²) in [6, 6.07) is 11.5. The van der Waals surface area contributed by atoms with Gasteiger partial charge >= 0.3 is 5.97 Å². The van der Waals surface area contributed by atoms with Gasteiger partial charge in [0, 0.05) is 26.0 Å². The van der Waals surface area contributed by atoms with Gasteiger partial charge in [-0.3, -0.25) is 4.98 Å². The van der Waals surface area contributed by atoms with Gasteiger partial charge in [-0.15, -0.1) is 0 Å². The first-order chi connectivity index (χ1) is 9.65. The highest BCUT2D eigenvalue weighted by molar-refractivity contribution is 6.04. The first kappa shape index (κ1) is 12.4. The van der Waals surface area contributed by atoms with Gasteiger partial charge in [-0.2, -0.15) is 0 Å². The molecule has 0 saturated carbocycles. The lowest BCUT2D eigenvalue weighted by molar-refractivity contribution is 0.0717. The van der Waals surface area contributed by atoms with Crippen LogP contribution in [0.5, 0.6) is 0 Å². The van der Waals surface area contributed by atoms with E-state index in [1.54, 1.807) is 18.3 Å². The molecule has 0 saturated heterocycles. The third-order valence-corrected chi connectivity index (χ3v) is 3.17. The third-order valence-electron chi connectivity index (χ3n) is 3.17. The monoisotopic (exact) mass is 266 g/mol. The van der Waals surface area contributed by atoms with Gasteiger partial charge < -0.3 is 9.64 Å². The lowest BCUT2D eigenvalue weighted by atomic mass is 10.1. The van der Waals surface area contributed by atoms with E-state index in [1.165, 1.54) is 0 Å². The first-order valence-corrected chi connectivity index (χ1v) is 6.32. The van der Waals surface area contributed by atoms with Crippen LogP contribution in [0.3, 0.4) is 0 Å². The van der Waals surface area contributed by atoms with E-state index < -0.39 is 0 Å². The molecule has 0 unspecified atom stereocenters. The molecule has 2 aromatic rings. The summed E-state index contributed by atoms with van der Waals surface area (Å²) in [5.74, 6) is 0.160. The van der Waals surface area contributed by atoms with Gasteiger partial charge in [0.2, 0.25) is 0 Å². The number of carbonyl (C=O) groups excluding carboxylic acids is 1. The van der Waals surface area contributed by atoms with Gasteiger partial charge in [0.25, 0.3) is 0 Å². The van der Waals surface area contributed by atoms with E-state index in [0.29, 0.717) is 17.0 Å². The highest BCUT2D eigenvalue weighted by Crippen LogP contribution is 2.29. The smallest absolute Gasteiger partial charge is 0.345 e. The van der Waals surface area contributed by atoms with E-state index >= 15 is 0 Å². The molecule has 0 N–H and O–H groups in total. The summed E-state index contributed by atoms with van der Waals surface area (Å²) in [6.45, 7) is 0. The minimum Gasteiger partial charge on any atom is -0.421 e. The zero-order valence-electron chi connectivity index (χ0n) is 11.3. The van der Waals surface area contributed by atoms with Gasteiger partial charge in [0.05, 0.1) is 5.56 Å². The number of anilines is 1. The molecular weight excluding hydrogens is 252 g/mol. The average molecular weight is 266 g/mol. The van der Waals surface area contributed by atoms with Crippen molar-refractivity contribution in [2.45, 2.75) is 0 Å². The number of aromatic nitrogens is 1. The van der Waals surface area contributed by atoms with Crippen LogP contribution < -0.4 is 4.90 Å². The molecule has 3 rings (SSSR count). The molecular formula is C16H14N2O2. The molecule has 0 fully saturated rings. The number of fused-ring (bicyclic) bond motifs is 1. The van der Waals surface area contributed by atoms with Gasteiger partial charge in [-0.25, -0.2) is 4.79 Å². The number of carbonyl (C=O) groups is 1. The number of nitrogens with zero attached hydrogens (tertiary/aromatic N) is 2. The molecule has 1 aromatic carbocycles. The Morgan fingerprint density at radius 2 is 1.90 bits per heavy atom. The Kier molecular flexibility index (Phi) is 2.99. The molecule has 20 heavy (non-hydrogen) atoms. The van der Waals surface area contributed by atoms with Crippen molar-refractivity contribution in [2.75, 3.05) is 19.0 Å². The summed E-state index contributed by atoms with van der Waals surface area (Å²) in [5, 5.41) is 0. The van der Waals surface area contributed by atoms with Crippen LogP contribution in [-0.4, -0.2) is 25.0 Å². The number of benzene rings is 1. The SMILES string of the molecule is CN(C)c1ccc(/C=C2\OC(=O)c3cccnc32)cc1. The summed E-state index contributed by atoms with van der Waals surface area (Å²) in [6.07, 6.45) is 3.49. The Labute approximate surface area is 117 Å². The van der Waals surface area contributed by atoms with E-state index in [-0.39, 0.29) is 5.97 Å². The van der Waals surface area contributed by atoms with Gasteiger partial charge in [0.1, 0.15) is 5.69 Å². The predicted octanol–water partition coefficient (Wildman–Crippen LogP) is 2.82. The maximum atomic E-state index is 11.7. The first-order valence-electron chi connectivity index (χ1n) is 6.32. The zero-order chi connectivity index (χ0) is 14.1. The van der Waals surface area contributed by atoms with Crippen molar-refractivity contribution < 1.29 is 9.53 Å². The molecule has 1 aromatic heterocycles. The molecule has 1 aliphatic rings. The molecule has 0 spiro atoms. The molecule has 0 atom stereocenters. The molecule has 0 radical (unpaired) electrons. The molecule has 0 aliphatic carbocycles. The lowest BCUT2D eigenvalue weighted by Gasteiger charge is -2.11. The topological polar surface area (TPSA) is 42.4 Å². The van der Waals surface area contributed by atoms with Crippen LogP contribution in [0.1, 0.15) is 21.6 Å². The van der Waals surface area contributed by atoms with Crippen molar-refractivity contribution in [3.63, 3.8) is 0 Å². The van der Waals surface area contributed by atoms with Gasteiger partial charge in [0.15, 0.2) is 5.76 Å². The molecule has 0 amide bonds.